The standard InChI is InChI=1S/C19H17BrN2O6/c20-15-4-2-1-3-14(15)18(23)12-28-19(24)13-5-6-16(17(11-13)22(25)26)21-7-9-27-10-8-21/h1-6,11H,7-10,12H2. The normalized spacial score (nSPS) is 13.8. The van der Waals surface area contributed by atoms with Gasteiger partial charge in [0.05, 0.1) is 23.7 Å². The van der Waals surface area contributed by atoms with Gasteiger partial charge in [-0.05, 0) is 18.2 Å². The zero-order valence-corrected chi connectivity index (χ0v) is 16.4. The highest BCUT2D eigenvalue weighted by atomic mass is 79.9. The van der Waals surface area contributed by atoms with Crippen molar-refractivity contribution in [3.8, 4) is 0 Å². The molecule has 0 amide bonds. The van der Waals surface area contributed by atoms with E-state index in [1.807, 2.05) is 4.90 Å². The van der Waals surface area contributed by atoms with Crippen molar-refractivity contribution in [1.29, 1.82) is 0 Å². The lowest BCUT2D eigenvalue weighted by Gasteiger charge is -2.28. The number of anilines is 1. The number of rotatable bonds is 6. The molecule has 146 valence electrons. The SMILES string of the molecule is O=C(OCC(=O)c1ccccc1Br)c1ccc(N2CCOCC2)c([N+](=O)[O-])c1. The molecule has 1 aliphatic heterocycles. The van der Waals surface area contributed by atoms with Crippen LogP contribution in [-0.2, 0) is 9.47 Å². The molecule has 0 unspecified atom stereocenters. The third-order valence-electron chi connectivity index (χ3n) is 4.27. The Hall–Kier alpha value is -2.78. The average Bonchev–Trinajstić information content (AvgIpc) is 2.72. The van der Waals surface area contributed by atoms with Gasteiger partial charge in [0.2, 0.25) is 5.78 Å². The van der Waals surface area contributed by atoms with Crippen LogP contribution in [0, 0.1) is 10.1 Å². The van der Waals surface area contributed by atoms with Crippen LogP contribution in [0.2, 0.25) is 0 Å². The summed E-state index contributed by atoms with van der Waals surface area (Å²) in [6.45, 7) is 1.58. The van der Waals surface area contributed by atoms with Crippen molar-refractivity contribution in [3.05, 3.63) is 68.2 Å². The van der Waals surface area contributed by atoms with Crippen LogP contribution in [0.4, 0.5) is 11.4 Å². The minimum Gasteiger partial charge on any atom is -0.454 e. The lowest BCUT2D eigenvalue weighted by Crippen LogP contribution is -2.36. The molecule has 0 N–H and O–H groups in total. The fourth-order valence-corrected chi connectivity index (χ4v) is 3.35. The lowest BCUT2D eigenvalue weighted by atomic mass is 10.1. The molecule has 0 radical (unpaired) electrons. The van der Waals surface area contributed by atoms with Crippen LogP contribution >= 0.6 is 15.9 Å². The summed E-state index contributed by atoms with van der Waals surface area (Å²) in [5, 5.41) is 11.5. The molecule has 0 atom stereocenters. The summed E-state index contributed by atoms with van der Waals surface area (Å²) in [4.78, 5) is 37.3. The van der Waals surface area contributed by atoms with E-state index in [9.17, 15) is 19.7 Å². The van der Waals surface area contributed by atoms with Crippen LogP contribution in [-0.4, -0.2) is 49.6 Å². The first-order chi connectivity index (χ1) is 13.5. The van der Waals surface area contributed by atoms with Crippen molar-refractivity contribution in [1.82, 2.24) is 0 Å². The summed E-state index contributed by atoms with van der Waals surface area (Å²) in [5.74, 6) is -1.17. The Morgan fingerprint density at radius 3 is 2.57 bits per heavy atom. The number of nitrogens with zero attached hydrogens (tertiary/aromatic N) is 2. The first-order valence-electron chi connectivity index (χ1n) is 8.53. The molecule has 0 spiro atoms. The summed E-state index contributed by atoms with van der Waals surface area (Å²) in [7, 11) is 0. The second kappa shape index (κ2) is 8.94. The summed E-state index contributed by atoms with van der Waals surface area (Å²) >= 11 is 3.27. The van der Waals surface area contributed by atoms with Crippen molar-refractivity contribution in [3.63, 3.8) is 0 Å². The molecule has 1 saturated heterocycles. The van der Waals surface area contributed by atoms with E-state index in [0.717, 1.165) is 0 Å². The third kappa shape index (κ3) is 4.55. The quantitative estimate of drug-likeness (QED) is 0.289. The van der Waals surface area contributed by atoms with Gasteiger partial charge >= 0.3 is 5.97 Å². The van der Waals surface area contributed by atoms with Gasteiger partial charge in [-0.15, -0.1) is 0 Å². The Kier molecular flexibility index (Phi) is 6.37. The molecule has 9 heteroatoms. The average molecular weight is 449 g/mol. The molecule has 8 nitrogen and oxygen atoms in total. The number of carbonyl (C=O) groups is 2. The molecule has 28 heavy (non-hydrogen) atoms. The van der Waals surface area contributed by atoms with Crippen LogP contribution in [0.3, 0.4) is 0 Å². The summed E-state index contributed by atoms with van der Waals surface area (Å²) in [5.41, 5.74) is 0.648. The molecule has 1 fully saturated rings. The molecule has 1 heterocycles. The molecule has 2 aromatic rings. The lowest BCUT2D eigenvalue weighted by molar-refractivity contribution is -0.384. The van der Waals surface area contributed by atoms with E-state index in [2.05, 4.69) is 15.9 Å². The van der Waals surface area contributed by atoms with Gasteiger partial charge in [0.15, 0.2) is 6.61 Å². The Morgan fingerprint density at radius 1 is 1.18 bits per heavy atom. The maximum absolute atomic E-state index is 12.3. The fraction of sp³-hybridized carbons (Fsp3) is 0.263. The number of Topliss-reactive ketones (excluding diaryl/α,β-unsaturated/α-hetero) is 1. The Morgan fingerprint density at radius 2 is 1.89 bits per heavy atom. The molecular weight excluding hydrogens is 432 g/mol. The molecule has 0 aliphatic carbocycles. The highest BCUT2D eigenvalue weighted by Gasteiger charge is 2.24. The zero-order valence-electron chi connectivity index (χ0n) is 14.8. The molecule has 3 rings (SSSR count). The number of hydrogen-bond acceptors (Lipinski definition) is 7. The van der Waals surface area contributed by atoms with E-state index in [4.69, 9.17) is 9.47 Å². The largest absolute Gasteiger partial charge is 0.454 e. The maximum atomic E-state index is 12.3. The predicted molar refractivity (Wildman–Crippen MR) is 105 cm³/mol. The topological polar surface area (TPSA) is 99.0 Å². The van der Waals surface area contributed by atoms with Gasteiger partial charge in [0, 0.05) is 29.2 Å². The van der Waals surface area contributed by atoms with Crippen molar-refractivity contribution < 1.29 is 24.0 Å². The van der Waals surface area contributed by atoms with Crippen LogP contribution < -0.4 is 4.90 Å². The fourth-order valence-electron chi connectivity index (χ4n) is 2.85. The number of carbonyl (C=O) groups excluding carboxylic acids is 2. The highest BCUT2D eigenvalue weighted by molar-refractivity contribution is 9.10. The van der Waals surface area contributed by atoms with Gasteiger partial charge in [0.25, 0.3) is 5.69 Å². The van der Waals surface area contributed by atoms with Crippen molar-refractivity contribution in [2.45, 2.75) is 0 Å². The minimum absolute atomic E-state index is 0.0173. The van der Waals surface area contributed by atoms with Crippen molar-refractivity contribution in [2.75, 3.05) is 37.8 Å². The van der Waals surface area contributed by atoms with Crippen LogP contribution in [0.25, 0.3) is 0 Å². The number of halogens is 1. The number of ketones is 1. The van der Waals surface area contributed by atoms with Gasteiger partial charge in [-0.3, -0.25) is 14.9 Å². The minimum atomic E-state index is -0.794. The number of esters is 1. The summed E-state index contributed by atoms with van der Waals surface area (Å²) in [6, 6.07) is 11.0. The number of morpholine rings is 1. The van der Waals surface area contributed by atoms with E-state index in [1.54, 1.807) is 24.3 Å². The van der Waals surface area contributed by atoms with E-state index in [0.29, 0.717) is 42.0 Å². The van der Waals surface area contributed by atoms with Gasteiger partial charge < -0.3 is 14.4 Å². The van der Waals surface area contributed by atoms with Crippen LogP contribution in [0.5, 0.6) is 0 Å². The zero-order chi connectivity index (χ0) is 20.1. The molecule has 0 saturated carbocycles. The Labute approximate surface area is 169 Å². The van der Waals surface area contributed by atoms with E-state index in [1.165, 1.54) is 18.2 Å². The van der Waals surface area contributed by atoms with E-state index in [-0.39, 0.29) is 17.0 Å². The van der Waals surface area contributed by atoms with Crippen LogP contribution in [0.15, 0.2) is 46.9 Å². The van der Waals surface area contributed by atoms with E-state index >= 15 is 0 Å². The van der Waals surface area contributed by atoms with Crippen molar-refractivity contribution in [2.24, 2.45) is 0 Å². The maximum Gasteiger partial charge on any atom is 0.338 e. The molecular formula is C19H17BrN2O6. The summed E-state index contributed by atoms with van der Waals surface area (Å²) in [6.07, 6.45) is 0. The van der Waals surface area contributed by atoms with E-state index < -0.39 is 17.5 Å². The number of nitro groups is 1. The number of benzene rings is 2. The predicted octanol–water partition coefficient (Wildman–Crippen LogP) is 3.23. The molecule has 0 bridgehead atoms. The van der Waals surface area contributed by atoms with Gasteiger partial charge in [-0.1, -0.05) is 34.1 Å². The Balaban J connectivity index is 1.73. The molecule has 0 aromatic heterocycles. The number of nitro benzene ring substituents is 1. The second-order valence-electron chi connectivity index (χ2n) is 6.04. The van der Waals surface area contributed by atoms with Crippen LogP contribution in [0.1, 0.15) is 20.7 Å². The first-order valence-corrected chi connectivity index (χ1v) is 9.32. The third-order valence-corrected chi connectivity index (χ3v) is 4.96. The Bertz CT molecular complexity index is 911. The van der Waals surface area contributed by atoms with Gasteiger partial charge in [0.1, 0.15) is 5.69 Å². The van der Waals surface area contributed by atoms with Gasteiger partial charge in [-0.25, -0.2) is 4.79 Å². The highest BCUT2D eigenvalue weighted by Crippen LogP contribution is 2.30. The summed E-state index contributed by atoms with van der Waals surface area (Å²) < 4.78 is 10.9. The number of hydrogen-bond donors (Lipinski definition) is 0. The first kappa shape index (κ1) is 20.0. The molecule has 1 aliphatic rings. The number of ether oxygens (including phenoxy) is 2. The van der Waals surface area contributed by atoms with Gasteiger partial charge in [-0.2, -0.15) is 0 Å². The smallest absolute Gasteiger partial charge is 0.338 e. The monoisotopic (exact) mass is 448 g/mol. The molecule has 2 aromatic carbocycles. The van der Waals surface area contributed by atoms with Crippen molar-refractivity contribution >= 4 is 39.1 Å². The second-order valence-corrected chi connectivity index (χ2v) is 6.89.